The third kappa shape index (κ3) is 2.87. The Balaban J connectivity index is 2.69. The van der Waals surface area contributed by atoms with E-state index in [0.717, 1.165) is 25.1 Å². The molecule has 0 aliphatic rings. The molecule has 1 aromatic heterocycles. The first kappa shape index (κ1) is 10.8. The number of pyridine rings is 1. The van der Waals surface area contributed by atoms with Crippen LogP contribution in [0.5, 0.6) is 0 Å². The second-order valence-corrected chi connectivity index (χ2v) is 3.56. The molecule has 2 nitrogen and oxygen atoms in total. The van der Waals surface area contributed by atoms with Crippen molar-refractivity contribution >= 4 is 5.82 Å². The van der Waals surface area contributed by atoms with Crippen molar-refractivity contribution in [2.45, 2.75) is 19.3 Å². The summed E-state index contributed by atoms with van der Waals surface area (Å²) in [6.07, 6.45) is 7.10. The maximum Gasteiger partial charge on any atom is 0.131 e. The van der Waals surface area contributed by atoms with Crippen molar-refractivity contribution in [1.29, 1.82) is 0 Å². The summed E-state index contributed by atoms with van der Waals surface area (Å²) < 4.78 is 0. The molecule has 0 N–H and O–H groups in total. The minimum Gasteiger partial charge on any atom is -0.363 e. The first-order valence-corrected chi connectivity index (χ1v) is 4.98. The number of aromatic nitrogens is 1. The highest BCUT2D eigenvalue weighted by molar-refractivity contribution is 5.45. The Labute approximate surface area is 86.3 Å². The molecule has 2 heteroatoms. The second kappa shape index (κ2) is 5.43. The minimum absolute atomic E-state index is 1.07. The van der Waals surface area contributed by atoms with Gasteiger partial charge in [-0.3, -0.25) is 0 Å². The summed E-state index contributed by atoms with van der Waals surface area (Å²) in [5, 5.41) is 0. The first-order chi connectivity index (χ1) is 6.75. The van der Waals surface area contributed by atoms with Crippen LogP contribution >= 0.6 is 0 Å². The predicted molar refractivity (Wildman–Crippen MR) is 61.7 cm³/mol. The summed E-state index contributed by atoms with van der Waals surface area (Å²) in [4.78, 5) is 6.42. The molecule has 0 atom stereocenters. The third-order valence-corrected chi connectivity index (χ3v) is 2.15. The van der Waals surface area contributed by atoms with Gasteiger partial charge >= 0.3 is 0 Å². The Morgan fingerprint density at radius 1 is 1.50 bits per heavy atom. The third-order valence-electron chi connectivity index (χ3n) is 2.15. The molecular formula is C12H18N2. The van der Waals surface area contributed by atoms with E-state index in [-0.39, 0.29) is 0 Å². The van der Waals surface area contributed by atoms with Crippen molar-refractivity contribution < 1.29 is 0 Å². The molecule has 0 fully saturated rings. The summed E-state index contributed by atoms with van der Waals surface area (Å²) in [5.74, 6) is 1.08. The molecule has 14 heavy (non-hydrogen) atoms. The van der Waals surface area contributed by atoms with E-state index in [9.17, 15) is 0 Å². The highest BCUT2D eigenvalue weighted by atomic mass is 15.1. The number of allylic oxidation sites excluding steroid dienone is 1. The van der Waals surface area contributed by atoms with E-state index >= 15 is 0 Å². The lowest BCUT2D eigenvalue weighted by atomic mass is 10.1. The standard InChI is InChI=1S/C12H18N2/c1-4-5-6-8-11-9-7-10-13-12(11)14(2)3/h4,7,9-10H,1,5-6,8H2,2-3H3. The van der Waals surface area contributed by atoms with Crippen LogP contribution in [-0.2, 0) is 6.42 Å². The maximum atomic E-state index is 4.36. The van der Waals surface area contributed by atoms with Gasteiger partial charge in [0, 0.05) is 20.3 Å². The number of nitrogens with zero attached hydrogens (tertiary/aromatic N) is 2. The van der Waals surface area contributed by atoms with E-state index in [1.165, 1.54) is 5.56 Å². The predicted octanol–water partition coefficient (Wildman–Crippen LogP) is 2.66. The molecular weight excluding hydrogens is 172 g/mol. The SMILES string of the molecule is C=CCCCc1cccnc1N(C)C. The zero-order valence-electron chi connectivity index (χ0n) is 9.03. The van der Waals surface area contributed by atoms with Crippen molar-refractivity contribution in [2.75, 3.05) is 19.0 Å². The Morgan fingerprint density at radius 3 is 2.93 bits per heavy atom. The van der Waals surface area contributed by atoms with Gasteiger partial charge in [0.25, 0.3) is 0 Å². The molecule has 0 aromatic carbocycles. The number of unbranched alkanes of at least 4 members (excludes halogenated alkanes) is 1. The lowest BCUT2D eigenvalue weighted by Gasteiger charge is -2.15. The van der Waals surface area contributed by atoms with E-state index in [2.05, 4.69) is 22.5 Å². The summed E-state index contributed by atoms with van der Waals surface area (Å²) in [7, 11) is 4.05. The molecule has 1 aromatic rings. The Morgan fingerprint density at radius 2 is 2.29 bits per heavy atom. The van der Waals surface area contributed by atoms with Crippen LogP contribution in [0.2, 0.25) is 0 Å². The van der Waals surface area contributed by atoms with Gasteiger partial charge < -0.3 is 4.90 Å². The largest absolute Gasteiger partial charge is 0.363 e. The Kier molecular flexibility index (Phi) is 4.17. The van der Waals surface area contributed by atoms with Gasteiger partial charge in [-0.25, -0.2) is 4.98 Å². The lowest BCUT2D eigenvalue weighted by molar-refractivity contribution is 0.834. The Hall–Kier alpha value is -1.31. The monoisotopic (exact) mass is 190 g/mol. The Bertz CT molecular complexity index is 292. The lowest BCUT2D eigenvalue weighted by Crippen LogP contribution is -2.13. The van der Waals surface area contributed by atoms with E-state index in [0.29, 0.717) is 0 Å². The summed E-state index contributed by atoms with van der Waals surface area (Å²) >= 11 is 0. The molecule has 0 saturated carbocycles. The molecule has 0 spiro atoms. The van der Waals surface area contributed by atoms with Crippen molar-refractivity contribution in [3.05, 3.63) is 36.5 Å². The molecule has 0 bridgehead atoms. The molecule has 0 saturated heterocycles. The van der Waals surface area contributed by atoms with Gasteiger partial charge in [0.15, 0.2) is 0 Å². The van der Waals surface area contributed by atoms with Crippen LogP contribution in [0.15, 0.2) is 31.0 Å². The molecule has 0 unspecified atom stereocenters. The van der Waals surface area contributed by atoms with E-state index in [4.69, 9.17) is 0 Å². The van der Waals surface area contributed by atoms with Crippen LogP contribution in [0.1, 0.15) is 18.4 Å². The number of aryl methyl sites for hydroxylation is 1. The molecule has 0 aliphatic carbocycles. The molecule has 0 amide bonds. The van der Waals surface area contributed by atoms with Crippen LogP contribution in [0.3, 0.4) is 0 Å². The summed E-state index contributed by atoms with van der Waals surface area (Å²) in [5.41, 5.74) is 1.32. The molecule has 1 heterocycles. The van der Waals surface area contributed by atoms with Crippen LogP contribution < -0.4 is 4.90 Å². The maximum absolute atomic E-state index is 4.36. The zero-order chi connectivity index (χ0) is 10.4. The van der Waals surface area contributed by atoms with E-state index < -0.39 is 0 Å². The topological polar surface area (TPSA) is 16.1 Å². The van der Waals surface area contributed by atoms with Crippen molar-refractivity contribution in [3.63, 3.8) is 0 Å². The quantitative estimate of drug-likeness (QED) is 0.524. The van der Waals surface area contributed by atoms with Gasteiger partial charge in [-0.05, 0) is 30.9 Å². The molecule has 0 aliphatic heterocycles. The van der Waals surface area contributed by atoms with Gasteiger partial charge in [-0.2, -0.15) is 0 Å². The number of rotatable bonds is 5. The fourth-order valence-electron chi connectivity index (χ4n) is 1.46. The normalized spacial score (nSPS) is 9.86. The van der Waals surface area contributed by atoms with Crippen LogP contribution in [-0.4, -0.2) is 19.1 Å². The van der Waals surface area contributed by atoms with Crippen LogP contribution in [0, 0.1) is 0 Å². The minimum atomic E-state index is 1.07. The fraction of sp³-hybridized carbons (Fsp3) is 0.417. The second-order valence-electron chi connectivity index (χ2n) is 3.56. The van der Waals surface area contributed by atoms with Gasteiger partial charge in [0.05, 0.1) is 0 Å². The van der Waals surface area contributed by atoms with Gasteiger partial charge in [0.1, 0.15) is 5.82 Å². The van der Waals surface area contributed by atoms with E-state index in [1.54, 1.807) is 0 Å². The molecule has 76 valence electrons. The highest BCUT2D eigenvalue weighted by Gasteiger charge is 2.03. The summed E-state index contributed by atoms with van der Waals surface area (Å²) in [6, 6.07) is 4.14. The smallest absolute Gasteiger partial charge is 0.131 e. The van der Waals surface area contributed by atoms with Crippen molar-refractivity contribution in [3.8, 4) is 0 Å². The number of hydrogen-bond donors (Lipinski definition) is 0. The first-order valence-electron chi connectivity index (χ1n) is 4.98. The molecule has 1 rings (SSSR count). The average Bonchev–Trinajstić information content (AvgIpc) is 2.19. The fourth-order valence-corrected chi connectivity index (χ4v) is 1.46. The number of anilines is 1. The zero-order valence-corrected chi connectivity index (χ0v) is 9.03. The van der Waals surface area contributed by atoms with Crippen LogP contribution in [0.4, 0.5) is 5.82 Å². The van der Waals surface area contributed by atoms with E-state index in [1.807, 2.05) is 32.4 Å². The number of hydrogen-bond acceptors (Lipinski definition) is 2. The van der Waals surface area contributed by atoms with Gasteiger partial charge in [-0.1, -0.05) is 12.1 Å². The average molecular weight is 190 g/mol. The van der Waals surface area contributed by atoms with Gasteiger partial charge in [-0.15, -0.1) is 6.58 Å². The highest BCUT2D eigenvalue weighted by Crippen LogP contribution is 2.16. The molecule has 0 radical (unpaired) electrons. The van der Waals surface area contributed by atoms with Gasteiger partial charge in [0.2, 0.25) is 0 Å². The van der Waals surface area contributed by atoms with Crippen LogP contribution in [0.25, 0.3) is 0 Å². The van der Waals surface area contributed by atoms with Crippen molar-refractivity contribution in [1.82, 2.24) is 4.98 Å². The summed E-state index contributed by atoms with van der Waals surface area (Å²) in [6.45, 7) is 3.72. The van der Waals surface area contributed by atoms with Crippen molar-refractivity contribution in [2.24, 2.45) is 0 Å².